The molecule has 2 aromatic rings. The van der Waals surface area contributed by atoms with E-state index in [4.69, 9.17) is 5.73 Å². The van der Waals surface area contributed by atoms with Crippen LogP contribution in [0, 0.1) is 11.8 Å². The lowest BCUT2D eigenvalue weighted by Crippen LogP contribution is -2.37. The van der Waals surface area contributed by atoms with Gasteiger partial charge in [-0.15, -0.1) is 0 Å². The van der Waals surface area contributed by atoms with Gasteiger partial charge in [0.1, 0.15) is 11.5 Å². The van der Waals surface area contributed by atoms with Gasteiger partial charge in [-0.2, -0.15) is 0 Å². The van der Waals surface area contributed by atoms with Gasteiger partial charge in [-0.3, -0.25) is 9.59 Å². The predicted octanol–water partition coefficient (Wildman–Crippen LogP) is 0.930. The Morgan fingerprint density at radius 2 is 2.14 bits per heavy atom. The van der Waals surface area contributed by atoms with Crippen LogP contribution in [0.15, 0.2) is 24.3 Å². The first-order chi connectivity index (χ1) is 13.4. The van der Waals surface area contributed by atoms with Crippen LogP contribution >= 0.6 is 0 Å². The Morgan fingerprint density at radius 3 is 2.86 bits per heavy atom. The summed E-state index contributed by atoms with van der Waals surface area (Å²) in [5, 5.41) is 10.5. The number of hydrogen-bond donors (Lipinski definition) is 2. The number of nitrogens with two attached hydrogens (primary N) is 1. The first kappa shape index (κ1) is 18.3. The Kier molecular flexibility index (Phi) is 4.44. The summed E-state index contributed by atoms with van der Waals surface area (Å²) in [7, 11) is 1.65. The molecule has 2 aliphatic heterocycles. The molecule has 0 unspecified atom stereocenters. The average Bonchev–Trinajstić information content (AvgIpc) is 3.21. The van der Waals surface area contributed by atoms with Crippen LogP contribution in [0.1, 0.15) is 41.0 Å². The van der Waals surface area contributed by atoms with Gasteiger partial charge in [-0.1, -0.05) is 24.0 Å². The second-order valence-electron chi connectivity index (χ2n) is 7.37. The summed E-state index contributed by atoms with van der Waals surface area (Å²) >= 11 is 0. The third-order valence-corrected chi connectivity index (χ3v) is 5.40. The highest BCUT2D eigenvalue weighted by Crippen LogP contribution is 2.28. The van der Waals surface area contributed by atoms with E-state index in [1.54, 1.807) is 7.05 Å². The third kappa shape index (κ3) is 3.06. The molecule has 0 radical (unpaired) electrons. The molecule has 28 heavy (non-hydrogen) atoms. The molecule has 4 rings (SSSR count). The highest BCUT2D eigenvalue weighted by atomic mass is 16.3. The Labute approximate surface area is 163 Å². The van der Waals surface area contributed by atoms with Gasteiger partial charge in [0, 0.05) is 37.7 Å². The zero-order valence-corrected chi connectivity index (χ0v) is 15.7. The monoisotopic (exact) mass is 378 g/mol. The number of carbonyl (C=O) groups is 2. The van der Waals surface area contributed by atoms with E-state index in [2.05, 4.69) is 21.4 Å². The number of primary amides is 1. The van der Waals surface area contributed by atoms with Gasteiger partial charge < -0.3 is 20.3 Å². The van der Waals surface area contributed by atoms with Crippen LogP contribution in [-0.2, 0) is 17.8 Å². The van der Waals surface area contributed by atoms with Crippen molar-refractivity contribution in [1.82, 2.24) is 14.5 Å². The maximum Gasteiger partial charge on any atom is 0.269 e. The molecule has 7 nitrogen and oxygen atoms in total. The van der Waals surface area contributed by atoms with Gasteiger partial charge in [0.25, 0.3) is 11.8 Å². The fraction of sp³-hybridized carbons (Fsp3) is 0.381. The summed E-state index contributed by atoms with van der Waals surface area (Å²) in [5.41, 5.74) is 6.60. The van der Waals surface area contributed by atoms with E-state index in [1.165, 1.54) is 4.90 Å². The fourth-order valence-corrected chi connectivity index (χ4v) is 3.84. The van der Waals surface area contributed by atoms with Gasteiger partial charge in [-0.25, -0.2) is 4.98 Å². The second-order valence-corrected chi connectivity index (χ2v) is 7.37. The number of nitrogens with zero attached hydrogens (tertiary/aromatic N) is 3. The lowest BCUT2D eigenvalue weighted by molar-refractivity contribution is -0.137. The number of aromatic nitrogens is 2. The van der Waals surface area contributed by atoms with Crippen molar-refractivity contribution in [2.24, 2.45) is 5.73 Å². The number of carbonyl (C=O) groups excluding carboxylic acids is 2. The van der Waals surface area contributed by atoms with Crippen molar-refractivity contribution >= 4 is 11.8 Å². The average molecular weight is 378 g/mol. The van der Waals surface area contributed by atoms with Crippen LogP contribution < -0.4 is 5.73 Å². The third-order valence-electron chi connectivity index (χ3n) is 5.40. The molecule has 2 aliphatic rings. The molecule has 7 heteroatoms. The number of likely N-dealkylation sites (N-methyl/N-ethyl adjacent to an activating group) is 1. The van der Waals surface area contributed by atoms with Gasteiger partial charge in [0.15, 0.2) is 0 Å². The normalized spacial score (nSPS) is 21.2. The molecule has 1 atom stereocenters. The van der Waals surface area contributed by atoms with E-state index in [1.807, 2.05) is 24.3 Å². The number of hydrogen-bond acceptors (Lipinski definition) is 4. The number of rotatable bonds is 2. The summed E-state index contributed by atoms with van der Waals surface area (Å²) in [6.45, 7) is 1.28. The molecule has 1 aromatic carbocycles. The standard InChI is InChI=1S/C21H22N4O3/c1-24-12-10-21(28,20(24)27)9-8-14-5-4-6-15(13-14)19-23-17(18(22)26)16-7-2-3-11-25(16)19/h4-6,13,28H,2-3,7,10-12H2,1H3,(H2,22,26)/t21-/m0/s1. The Hall–Kier alpha value is -3.11. The molecule has 1 aromatic heterocycles. The topological polar surface area (TPSA) is 101 Å². The molecular formula is C21H22N4O3. The molecule has 1 fully saturated rings. The predicted molar refractivity (Wildman–Crippen MR) is 103 cm³/mol. The maximum atomic E-state index is 12.1. The van der Waals surface area contributed by atoms with Crippen molar-refractivity contribution in [3.05, 3.63) is 41.2 Å². The molecule has 0 bridgehead atoms. The van der Waals surface area contributed by atoms with Crippen LogP contribution in [-0.4, -0.2) is 50.6 Å². The lowest BCUT2D eigenvalue weighted by atomic mass is 10.0. The summed E-state index contributed by atoms with van der Waals surface area (Å²) in [5.74, 6) is 5.46. The van der Waals surface area contributed by atoms with E-state index in [9.17, 15) is 14.7 Å². The highest BCUT2D eigenvalue weighted by molar-refractivity contribution is 5.93. The lowest BCUT2D eigenvalue weighted by Gasteiger charge is -2.17. The van der Waals surface area contributed by atoms with Crippen molar-refractivity contribution in [2.75, 3.05) is 13.6 Å². The molecule has 3 N–H and O–H groups in total. The molecule has 2 amide bonds. The van der Waals surface area contributed by atoms with E-state index >= 15 is 0 Å². The largest absolute Gasteiger partial charge is 0.369 e. The SMILES string of the molecule is CN1CC[C@@](O)(C#Cc2cccc(-c3nc(C(N)=O)c4n3CCCC4)c2)C1=O. The van der Waals surface area contributed by atoms with Crippen molar-refractivity contribution in [3.63, 3.8) is 0 Å². The van der Waals surface area contributed by atoms with Crippen molar-refractivity contribution < 1.29 is 14.7 Å². The van der Waals surface area contributed by atoms with Crippen LogP contribution in [0.3, 0.4) is 0 Å². The minimum Gasteiger partial charge on any atom is -0.369 e. The van der Waals surface area contributed by atoms with Gasteiger partial charge in [-0.05, 0) is 31.4 Å². The van der Waals surface area contributed by atoms with Crippen molar-refractivity contribution in [1.29, 1.82) is 0 Å². The number of imidazole rings is 1. The van der Waals surface area contributed by atoms with Crippen LogP contribution in [0.5, 0.6) is 0 Å². The van der Waals surface area contributed by atoms with Crippen LogP contribution in [0.25, 0.3) is 11.4 Å². The maximum absolute atomic E-state index is 12.1. The van der Waals surface area contributed by atoms with Gasteiger partial charge in [0.2, 0.25) is 5.60 Å². The Balaban J connectivity index is 1.71. The molecule has 3 heterocycles. The highest BCUT2D eigenvalue weighted by Gasteiger charge is 2.42. The molecular weight excluding hydrogens is 356 g/mol. The van der Waals surface area contributed by atoms with E-state index in [0.717, 1.165) is 37.1 Å². The minimum atomic E-state index is -1.63. The molecule has 144 valence electrons. The van der Waals surface area contributed by atoms with E-state index in [0.29, 0.717) is 30.0 Å². The summed E-state index contributed by atoms with van der Waals surface area (Å²) < 4.78 is 2.05. The van der Waals surface area contributed by atoms with Crippen molar-refractivity contribution in [2.45, 2.75) is 37.8 Å². The Bertz CT molecular complexity index is 1030. The minimum absolute atomic E-state index is 0.296. The number of fused-ring (bicyclic) bond motifs is 1. The first-order valence-electron chi connectivity index (χ1n) is 9.40. The van der Waals surface area contributed by atoms with Crippen LogP contribution in [0.4, 0.5) is 0 Å². The summed E-state index contributed by atoms with van der Waals surface area (Å²) in [6.07, 6.45) is 3.12. The Morgan fingerprint density at radius 1 is 1.32 bits per heavy atom. The molecule has 0 aliphatic carbocycles. The number of benzene rings is 1. The molecule has 0 saturated carbocycles. The second kappa shape index (κ2) is 6.80. The zero-order chi connectivity index (χ0) is 19.9. The molecule has 1 saturated heterocycles. The number of aliphatic hydroxyl groups is 1. The fourth-order valence-electron chi connectivity index (χ4n) is 3.84. The van der Waals surface area contributed by atoms with E-state index < -0.39 is 11.5 Å². The quantitative estimate of drug-likeness (QED) is 0.759. The summed E-state index contributed by atoms with van der Waals surface area (Å²) in [4.78, 5) is 29.9. The summed E-state index contributed by atoms with van der Waals surface area (Å²) in [6, 6.07) is 7.43. The number of likely N-dealkylation sites (tertiary alicyclic amines) is 1. The van der Waals surface area contributed by atoms with Gasteiger partial charge in [0.05, 0.1) is 5.69 Å². The smallest absolute Gasteiger partial charge is 0.269 e. The van der Waals surface area contributed by atoms with Gasteiger partial charge >= 0.3 is 0 Å². The zero-order valence-electron chi connectivity index (χ0n) is 15.7. The van der Waals surface area contributed by atoms with Crippen molar-refractivity contribution in [3.8, 4) is 23.2 Å². The van der Waals surface area contributed by atoms with E-state index in [-0.39, 0.29) is 5.91 Å². The van der Waals surface area contributed by atoms with Crippen LogP contribution in [0.2, 0.25) is 0 Å². The number of amides is 2. The first-order valence-corrected chi connectivity index (χ1v) is 9.40. The molecule has 0 spiro atoms.